The van der Waals surface area contributed by atoms with E-state index in [1.54, 1.807) is 11.1 Å². The molecular weight excluding hydrogens is 380 g/mol. The van der Waals surface area contributed by atoms with Gasteiger partial charge >= 0.3 is 6.09 Å². The van der Waals surface area contributed by atoms with Crippen LogP contribution >= 0.6 is 0 Å². The zero-order chi connectivity index (χ0) is 20.5. The molecule has 1 aliphatic carbocycles. The summed E-state index contributed by atoms with van der Waals surface area (Å²) in [7, 11) is 1.34. The summed E-state index contributed by atoms with van der Waals surface area (Å²) in [5.41, 5.74) is 2.97. The van der Waals surface area contributed by atoms with Gasteiger partial charge in [-0.2, -0.15) is 5.10 Å². The van der Waals surface area contributed by atoms with Gasteiger partial charge in [0.1, 0.15) is 19.1 Å². The van der Waals surface area contributed by atoms with Gasteiger partial charge in [0.15, 0.2) is 6.10 Å². The van der Waals surface area contributed by atoms with Crippen LogP contribution in [0, 0.1) is 0 Å². The lowest BCUT2D eigenvalue weighted by Crippen LogP contribution is -2.42. The second kappa shape index (κ2) is 8.00. The molecule has 2 heterocycles. The first-order chi connectivity index (χ1) is 14.1. The maximum atomic E-state index is 13.3. The molecule has 0 saturated heterocycles. The highest BCUT2D eigenvalue weighted by atomic mass is 19.1. The van der Waals surface area contributed by atoms with Crippen molar-refractivity contribution in [3.8, 4) is 16.9 Å². The van der Waals surface area contributed by atoms with Crippen molar-refractivity contribution in [2.24, 2.45) is 0 Å². The molecule has 156 valence electrons. The number of hydrogen-bond acceptors (Lipinski definition) is 4. The summed E-state index contributed by atoms with van der Waals surface area (Å²) in [6.45, 7) is 0.0794. The highest BCUT2D eigenvalue weighted by Crippen LogP contribution is 2.44. The second-order valence-electron chi connectivity index (χ2n) is 7.66. The van der Waals surface area contributed by atoms with E-state index in [9.17, 15) is 13.6 Å². The number of ether oxygens (including phenoxy) is 2. The van der Waals surface area contributed by atoms with Crippen molar-refractivity contribution in [1.29, 1.82) is 0 Å². The summed E-state index contributed by atoms with van der Waals surface area (Å²) in [6.07, 6.45) is 5.56. The standard InChI is InChI=1S/C21H25F2N3O3/c1-13-3-6-18-19(26(13)21(27)28-2)8-7-17(20(18)29-16(9-22)10-23)14-11-24-25(12-14)15-4-5-15/h7-8,11-13,15-16H,3-6,9-10H2,1-2H3. The second-order valence-corrected chi connectivity index (χ2v) is 7.66. The molecule has 4 rings (SSSR count). The Morgan fingerprint density at radius 3 is 2.69 bits per heavy atom. The van der Waals surface area contributed by atoms with Crippen LogP contribution in [-0.4, -0.2) is 48.5 Å². The van der Waals surface area contributed by atoms with Crippen molar-refractivity contribution in [3.05, 3.63) is 30.1 Å². The van der Waals surface area contributed by atoms with E-state index in [1.807, 2.05) is 29.9 Å². The molecule has 8 heteroatoms. The molecule has 1 fully saturated rings. The number of hydrogen-bond donors (Lipinski definition) is 0. The van der Waals surface area contributed by atoms with Gasteiger partial charge in [0, 0.05) is 28.9 Å². The first-order valence-corrected chi connectivity index (χ1v) is 9.93. The molecule has 1 aliphatic heterocycles. The Kier molecular flexibility index (Phi) is 5.43. The SMILES string of the molecule is COC(=O)N1c2ccc(-c3cnn(C4CC4)c3)c(OC(CF)CF)c2CCC1C. The smallest absolute Gasteiger partial charge is 0.414 e. The van der Waals surface area contributed by atoms with Gasteiger partial charge in [0.05, 0.1) is 25.0 Å². The summed E-state index contributed by atoms with van der Waals surface area (Å²) in [6, 6.07) is 4.04. The minimum Gasteiger partial charge on any atom is -0.484 e. The van der Waals surface area contributed by atoms with E-state index in [0.29, 0.717) is 30.3 Å². The Hall–Kier alpha value is -2.64. The molecule has 0 bridgehead atoms. The molecule has 0 N–H and O–H groups in total. The number of alkyl halides is 2. The number of rotatable bonds is 6. The number of halogens is 2. The van der Waals surface area contributed by atoms with E-state index in [1.165, 1.54) is 7.11 Å². The molecule has 29 heavy (non-hydrogen) atoms. The fourth-order valence-corrected chi connectivity index (χ4v) is 3.83. The fraction of sp³-hybridized carbons (Fsp3) is 0.524. The number of carbonyl (C=O) groups excluding carboxylic acids is 1. The molecule has 1 atom stereocenters. The highest BCUT2D eigenvalue weighted by Gasteiger charge is 2.33. The van der Waals surface area contributed by atoms with Crippen molar-refractivity contribution in [2.45, 2.75) is 50.8 Å². The van der Waals surface area contributed by atoms with E-state index in [0.717, 1.165) is 29.5 Å². The Balaban J connectivity index is 1.81. The zero-order valence-corrected chi connectivity index (χ0v) is 16.6. The van der Waals surface area contributed by atoms with Crippen LogP contribution in [-0.2, 0) is 11.2 Å². The van der Waals surface area contributed by atoms with E-state index in [4.69, 9.17) is 9.47 Å². The summed E-state index contributed by atoms with van der Waals surface area (Å²) in [4.78, 5) is 13.9. The predicted octanol–water partition coefficient (Wildman–Crippen LogP) is 4.48. The van der Waals surface area contributed by atoms with E-state index in [2.05, 4.69) is 5.10 Å². The van der Waals surface area contributed by atoms with Crippen LogP contribution < -0.4 is 9.64 Å². The summed E-state index contributed by atoms with van der Waals surface area (Å²) < 4.78 is 39.2. The van der Waals surface area contributed by atoms with Gasteiger partial charge in [0.2, 0.25) is 0 Å². The van der Waals surface area contributed by atoms with E-state index in [-0.39, 0.29) is 6.04 Å². The van der Waals surface area contributed by atoms with Gasteiger partial charge in [0.25, 0.3) is 0 Å². The topological polar surface area (TPSA) is 56.6 Å². The molecule has 0 radical (unpaired) electrons. The summed E-state index contributed by atoms with van der Waals surface area (Å²) in [5, 5.41) is 4.42. The summed E-state index contributed by atoms with van der Waals surface area (Å²) >= 11 is 0. The molecule has 1 aromatic heterocycles. The quantitative estimate of drug-likeness (QED) is 0.711. The van der Waals surface area contributed by atoms with Gasteiger partial charge in [-0.1, -0.05) is 0 Å². The van der Waals surface area contributed by atoms with Crippen molar-refractivity contribution >= 4 is 11.8 Å². The molecule has 1 aromatic carbocycles. The van der Waals surface area contributed by atoms with Gasteiger partial charge in [-0.25, -0.2) is 13.6 Å². The maximum Gasteiger partial charge on any atom is 0.414 e. The number of amides is 1. The number of methoxy groups -OCH3 is 1. The van der Waals surface area contributed by atoms with Crippen LogP contribution in [0.15, 0.2) is 24.5 Å². The lowest BCUT2D eigenvalue weighted by Gasteiger charge is -2.35. The third-order valence-corrected chi connectivity index (χ3v) is 5.58. The van der Waals surface area contributed by atoms with Gasteiger partial charge in [-0.15, -0.1) is 0 Å². The third-order valence-electron chi connectivity index (χ3n) is 5.58. The number of carbonyl (C=O) groups is 1. The molecule has 1 amide bonds. The van der Waals surface area contributed by atoms with Gasteiger partial charge in [-0.3, -0.25) is 9.58 Å². The number of fused-ring (bicyclic) bond motifs is 1. The van der Waals surface area contributed by atoms with E-state index >= 15 is 0 Å². The van der Waals surface area contributed by atoms with Crippen molar-refractivity contribution in [3.63, 3.8) is 0 Å². The van der Waals surface area contributed by atoms with Crippen LogP contribution in [0.5, 0.6) is 5.75 Å². The van der Waals surface area contributed by atoms with Crippen LogP contribution in [0.3, 0.4) is 0 Å². The number of nitrogens with zero attached hydrogens (tertiary/aromatic N) is 3. The molecule has 1 unspecified atom stereocenters. The van der Waals surface area contributed by atoms with Gasteiger partial charge in [-0.05, 0) is 44.7 Å². The van der Waals surface area contributed by atoms with Crippen molar-refractivity contribution in [2.75, 3.05) is 25.4 Å². The fourth-order valence-electron chi connectivity index (χ4n) is 3.83. The lowest BCUT2D eigenvalue weighted by atomic mass is 9.92. The molecule has 0 spiro atoms. The van der Waals surface area contributed by atoms with Gasteiger partial charge < -0.3 is 9.47 Å². The molecule has 1 saturated carbocycles. The largest absolute Gasteiger partial charge is 0.484 e. The number of benzene rings is 1. The average molecular weight is 405 g/mol. The van der Waals surface area contributed by atoms with Crippen molar-refractivity contribution in [1.82, 2.24) is 9.78 Å². The summed E-state index contributed by atoms with van der Waals surface area (Å²) in [5.74, 6) is 0.416. The maximum absolute atomic E-state index is 13.3. The highest BCUT2D eigenvalue weighted by molar-refractivity contribution is 5.92. The number of aromatic nitrogens is 2. The average Bonchev–Trinajstić information content (AvgIpc) is 3.48. The Morgan fingerprint density at radius 1 is 1.28 bits per heavy atom. The Labute approximate surface area is 168 Å². The predicted molar refractivity (Wildman–Crippen MR) is 105 cm³/mol. The zero-order valence-electron chi connectivity index (χ0n) is 16.6. The normalized spacial score (nSPS) is 18.7. The molecule has 6 nitrogen and oxygen atoms in total. The van der Waals surface area contributed by atoms with Crippen molar-refractivity contribution < 1.29 is 23.0 Å². The minimum atomic E-state index is -1.19. The monoisotopic (exact) mass is 405 g/mol. The first-order valence-electron chi connectivity index (χ1n) is 9.93. The minimum absolute atomic E-state index is 0.0515. The van der Waals surface area contributed by atoms with E-state index < -0.39 is 25.5 Å². The van der Waals surface area contributed by atoms with Crippen LogP contribution in [0.25, 0.3) is 11.1 Å². The third kappa shape index (κ3) is 3.68. The first kappa shape index (κ1) is 19.7. The van der Waals surface area contributed by atoms with Crippen LogP contribution in [0.4, 0.5) is 19.3 Å². The van der Waals surface area contributed by atoms with Crippen LogP contribution in [0.2, 0.25) is 0 Å². The Bertz CT molecular complexity index is 893. The molecule has 2 aliphatic rings. The lowest BCUT2D eigenvalue weighted by molar-refractivity contribution is 0.133. The number of anilines is 1. The Morgan fingerprint density at radius 2 is 2.03 bits per heavy atom. The molecular formula is C21H25F2N3O3. The van der Waals surface area contributed by atoms with Crippen LogP contribution in [0.1, 0.15) is 37.8 Å². The molecule has 2 aromatic rings.